The maximum atomic E-state index is 13.1. The summed E-state index contributed by atoms with van der Waals surface area (Å²) >= 11 is 0. The molecule has 4 amide bonds. The molecule has 0 radical (unpaired) electrons. The average molecular weight is 535 g/mol. The van der Waals surface area contributed by atoms with E-state index in [4.69, 9.17) is 9.47 Å². The highest BCUT2D eigenvalue weighted by Crippen LogP contribution is 2.10. The van der Waals surface area contributed by atoms with Gasteiger partial charge in [-0.15, -0.1) is 0 Å². The first-order chi connectivity index (χ1) is 17.8. The Bertz CT molecular complexity index is 950. The SMILES string of the molecule is COC(=O)[C@@H](NC(=O)[C@@H](NC(=O)[C@@H](NC(=O)[C@H](C)NC(=O)OCc1ccccc1)C(C)C)C(C)C)C(C)C. The van der Waals surface area contributed by atoms with Crippen LogP contribution >= 0.6 is 0 Å². The Morgan fingerprint density at radius 1 is 0.658 bits per heavy atom. The number of amides is 4. The molecule has 11 heteroatoms. The van der Waals surface area contributed by atoms with E-state index in [0.29, 0.717) is 0 Å². The van der Waals surface area contributed by atoms with Gasteiger partial charge in [-0.05, 0) is 30.2 Å². The first-order valence-corrected chi connectivity index (χ1v) is 12.7. The molecule has 38 heavy (non-hydrogen) atoms. The molecule has 4 N–H and O–H groups in total. The second kappa shape index (κ2) is 15.6. The smallest absolute Gasteiger partial charge is 0.408 e. The van der Waals surface area contributed by atoms with Crippen LogP contribution in [-0.4, -0.2) is 61.1 Å². The standard InChI is InChI=1S/C27H42N4O7/c1-15(2)20(29-23(32)18(7)28-27(36)38-14-19-12-10-9-11-13-19)24(33)30-21(16(3)4)25(34)31-22(17(5)6)26(35)37-8/h9-13,15-18,20-22H,14H2,1-8H3,(H,28,36)(H,29,32)(H,30,33)(H,31,34)/t18-,20-,21-,22-/m0/s1. The van der Waals surface area contributed by atoms with Gasteiger partial charge in [0, 0.05) is 0 Å². The summed E-state index contributed by atoms with van der Waals surface area (Å²) in [5.41, 5.74) is 0.798. The molecule has 0 saturated heterocycles. The second-order valence-electron chi connectivity index (χ2n) is 10.1. The molecule has 11 nitrogen and oxygen atoms in total. The van der Waals surface area contributed by atoms with E-state index in [2.05, 4.69) is 21.3 Å². The van der Waals surface area contributed by atoms with Gasteiger partial charge in [0.15, 0.2) is 0 Å². The highest BCUT2D eigenvalue weighted by molar-refractivity contribution is 5.95. The lowest BCUT2D eigenvalue weighted by Crippen LogP contribution is -2.60. The van der Waals surface area contributed by atoms with Gasteiger partial charge in [-0.25, -0.2) is 9.59 Å². The third-order valence-corrected chi connectivity index (χ3v) is 5.85. The van der Waals surface area contributed by atoms with Crippen molar-refractivity contribution >= 4 is 29.8 Å². The third-order valence-electron chi connectivity index (χ3n) is 5.85. The summed E-state index contributed by atoms with van der Waals surface area (Å²) in [4.78, 5) is 63.1. The van der Waals surface area contributed by atoms with Crippen LogP contribution in [0.1, 0.15) is 54.0 Å². The molecule has 0 bridgehead atoms. The summed E-state index contributed by atoms with van der Waals surface area (Å²) < 4.78 is 9.91. The molecule has 0 aliphatic rings. The number of hydrogen-bond donors (Lipinski definition) is 4. The predicted molar refractivity (Wildman–Crippen MR) is 142 cm³/mol. The topological polar surface area (TPSA) is 152 Å². The monoisotopic (exact) mass is 534 g/mol. The summed E-state index contributed by atoms with van der Waals surface area (Å²) in [6.07, 6.45) is -0.774. The fourth-order valence-electron chi connectivity index (χ4n) is 3.47. The summed E-state index contributed by atoms with van der Waals surface area (Å²) in [5.74, 6) is -3.16. The number of hydrogen-bond acceptors (Lipinski definition) is 7. The van der Waals surface area contributed by atoms with E-state index in [0.717, 1.165) is 5.56 Å². The van der Waals surface area contributed by atoms with Crippen molar-refractivity contribution in [2.45, 2.75) is 79.2 Å². The Morgan fingerprint density at radius 2 is 1.11 bits per heavy atom. The van der Waals surface area contributed by atoms with Crippen molar-refractivity contribution in [3.63, 3.8) is 0 Å². The average Bonchev–Trinajstić information content (AvgIpc) is 2.86. The van der Waals surface area contributed by atoms with Gasteiger partial charge in [-0.1, -0.05) is 71.9 Å². The molecule has 0 spiro atoms. The largest absolute Gasteiger partial charge is 0.467 e. The molecule has 4 atom stereocenters. The van der Waals surface area contributed by atoms with Crippen molar-refractivity contribution in [2.24, 2.45) is 17.8 Å². The zero-order chi connectivity index (χ0) is 29.0. The minimum Gasteiger partial charge on any atom is -0.467 e. The predicted octanol–water partition coefficient (Wildman–Crippen LogP) is 1.90. The van der Waals surface area contributed by atoms with Crippen molar-refractivity contribution in [1.82, 2.24) is 21.3 Å². The van der Waals surface area contributed by atoms with Crippen molar-refractivity contribution in [2.75, 3.05) is 7.11 Å². The molecule has 0 aliphatic heterocycles. The maximum Gasteiger partial charge on any atom is 0.408 e. The van der Waals surface area contributed by atoms with Gasteiger partial charge in [0.1, 0.15) is 30.8 Å². The van der Waals surface area contributed by atoms with Crippen LogP contribution in [0.2, 0.25) is 0 Å². The number of rotatable bonds is 13. The van der Waals surface area contributed by atoms with Crippen LogP contribution in [0.3, 0.4) is 0 Å². The number of carbonyl (C=O) groups excluding carboxylic acids is 5. The Hall–Kier alpha value is -3.63. The number of alkyl carbamates (subject to hydrolysis) is 1. The number of carbonyl (C=O) groups is 5. The Labute approximate surface area is 224 Å². The van der Waals surface area contributed by atoms with E-state index < -0.39 is 54.0 Å². The number of ether oxygens (including phenoxy) is 2. The van der Waals surface area contributed by atoms with Gasteiger partial charge >= 0.3 is 12.1 Å². The lowest BCUT2D eigenvalue weighted by Gasteiger charge is -2.29. The van der Waals surface area contributed by atoms with Crippen LogP contribution in [0.5, 0.6) is 0 Å². The van der Waals surface area contributed by atoms with E-state index in [1.165, 1.54) is 14.0 Å². The molecule has 0 aliphatic carbocycles. The van der Waals surface area contributed by atoms with Crippen molar-refractivity contribution in [3.05, 3.63) is 35.9 Å². The molecular formula is C27H42N4O7. The summed E-state index contributed by atoms with van der Waals surface area (Å²) in [6, 6.07) is 5.29. The van der Waals surface area contributed by atoms with Gasteiger partial charge in [-0.2, -0.15) is 0 Å². The summed E-state index contributed by atoms with van der Waals surface area (Å²) in [7, 11) is 1.24. The molecule has 0 unspecified atom stereocenters. The van der Waals surface area contributed by atoms with Gasteiger partial charge in [0.05, 0.1) is 7.11 Å². The van der Waals surface area contributed by atoms with Crippen LogP contribution in [-0.2, 0) is 35.3 Å². The lowest BCUT2D eigenvalue weighted by molar-refractivity contribution is -0.147. The van der Waals surface area contributed by atoms with Crippen LogP contribution in [0.4, 0.5) is 4.79 Å². The van der Waals surface area contributed by atoms with Crippen LogP contribution in [0.25, 0.3) is 0 Å². The van der Waals surface area contributed by atoms with Gasteiger partial charge in [0.2, 0.25) is 17.7 Å². The molecule has 0 fully saturated rings. The number of esters is 1. The Morgan fingerprint density at radius 3 is 1.55 bits per heavy atom. The lowest BCUT2D eigenvalue weighted by atomic mass is 9.98. The number of methoxy groups -OCH3 is 1. The number of benzene rings is 1. The number of nitrogens with one attached hydrogen (secondary N) is 4. The fourth-order valence-corrected chi connectivity index (χ4v) is 3.47. The molecular weight excluding hydrogens is 492 g/mol. The van der Waals surface area contributed by atoms with Crippen LogP contribution in [0.15, 0.2) is 30.3 Å². The van der Waals surface area contributed by atoms with Gasteiger partial charge in [0.25, 0.3) is 0 Å². The highest BCUT2D eigenvalue weighted by atomic mass is 16.5. The molecule has 212 valence electrons. The zero-order valence-corrected chi connectivity index (χ0v) is 23.5. The molecule has 0 saturated carbocycles. The summed E-state index contributed by atoms with van der Waals surface area (Å²) in [5, 5.41) is 10.4. The molecule has 0 aromatic heterocycles. The Balaban J connectivity index is 2.80. The van der Waals surface area contributed by atoms with E-state index >= 15 is 0 Å². The second-order valence-corrected chi connectivity index (χ2v) is 10.1. The molecule has 1 aromatic carbocycles. The van der Waals surface area contributed by atoms with Gasteiger partial charge < -0.3 is 30.7 Å². The fraction of sp³-hybridized carbons (Fsp3) is 0.593. The van der Waals surface area contributed by atoms with Crippen molar-refractivity contribution < 1.29 is 33.4 Å². The minimum absolute atomic E-state index is 0.0460. The Kier molecular flexibility index (Phi) is 13.3. The molecule has 1 aromatic rings. The van der Waals surface area contributed by atoms with Gasteiger partial charge in [-0.3, -0.25) is 14.4 Å². The van der Waals surface area contributed by atoms with E-state index in [9.17, 15) is 24.0 Å². The van der Waals surface area contributed by atoms with E-state index in [1.54, 1.807) is 53.7 Å². The van der Waals surface area contributed by atoms with E-state index in [-0.39, 0.29) is 24.4 Å². The van der Waals surface area contributed by atoms with E-state index in [1.807, 2.05) is 18.2 Å². The van der Waals surface area contributed by atoms with Crippen LogP contribution in [0, 0.1) is 17.8 Å². The summed E-state index contributed by atoms with van der Waals surface area (Å²) in [6.45, 7) is 12.0. The molecule has 1 rings (SSSR count). The normalized spacial score (nSPS) is 14.2. The quantitative estimate of drug-likeness (QED) is 0.282. The molecule has 0 heterocycles. The minimum atomic E-state index is -0.984. The first kappa shape index (κ1) is 32.4. The third kappa shape index (κ3) is 10.4. The highest BCUT2D eigenvalue weighted by Gasteiger charge is 2.34. The zero-order valence-electron chi connectivity index (χ0n) is 23.5. The van der Waals surface area contributed by atoms with Crippen LogP contribution < -0.4 is 21.3 Å². The van der Waals surface area contributed by atoms with Crippen molar-refractivity contribution in [1.29, 1.82) is 0 Å². The first-order valence-electron chi connectivity index (χ1n) is 12.7. The maximum absolute atomic E-state index is 13.1. The van der Waals surface area contributed by atoms with Crippen molar-refractivity contribution in [3.8, 4) is 0 Å².